The summed E-state index contributed by atoms with van der Waals surface area (Å²) >= 11 is 6.05. The maximum Gasteiger partial charge on any atom is 0.0737 e. The number of aromatic nitrogens is 1. The van der Waals surface area contributed by atoms with E-state index < -0.39 is 0 Å². The van der Waals surface area contributed by atoms with Gasteiger partial charge in [-0.1, -0.05) is 11.6 Å². The summed E-state index contributed by atoms with van der Waals surface area (Å²) in [6, 6.07) is 8.06. The number of pyridine rings is 1. The highest BCUT2D eigenvalue weighted by molar-refractivity contribution is 6.31. The Morgan fingerprint density at radius 3 is 2.80 bits per heavy atom. The van der Waals surface area contributed by atoms with Gasteiger partial charge in [0.2, 0.25) is 0 Å². The predicted molar refractivity (Wildman–Crippen MR) is 85.4 cm³/mol. The van der Waals surface area contributed by atoms with Crippen molar-refractivity contribution in [1.29, 1.82) is 0 Å². The number of halogens is 1. The van der Waals surface area contributed by atoms with Gasteiger partial charge in [0, 0.05) is 35.4 Å². The summed E-state index contributed by atoms with van der Waals surface area (Å²) in [4.78, 5) is 6.88. The fourth-order valence-electron chi connectivity index (χ4n) is 3.08. The van der Waals surface area contributed by atoms with Crippen molar-refractivity contribution in [2.45, 2.75) is 19.3 Å². The van der Waals surface area contributed by atoms with Crippen LogP contribution in [-0.2, 0) is 0 Å². The van der Waals surface area contributed by atoms with E-state index >= 15 is 0 Å². The zero-order chi connectivity index (χ0) is 13.9. The summed E-state index contributed by atoms with van der Waals surface area (Å²) in [6.07, 6.45) is 5.49. The normalized spacial score (nSPS) is 16.8. The van der Waals surface area contributed by atoms with Crippen molar-refractivity contribution >= 4 is 28.2 Å². The molecular formula is C16H20ClN3. The van der Waals surface area contributed by atoms with Crippen molar-refractivity contribution in [2.75, 3.05) is 24.5 Å². The van der Waals surface area contributed by atoms with E-state index in [2.05, 4.69) is 22.0 Å². The number of fused-ring (bicyclic) bond motifs is 1. The van der Waals surface area contributed by atoms with Crippen LogP contribution in [0.5, 0.6) is 0 Å². The smallest absolute Gasteiger partial charge is 0.0737 e. The van der Waals surface area contributed by atoms with Crippen molar-refractivity contribution in [3.8, 4) is 0 Å². The van der Waals surface area contributed by atoms with Crippen LogP contribution < -0.4 is 10.6 Å². The van der Waals surface area contributed by atoms with Crippen molar-refractivity contribution in [3.05, 3.63) is 35.5 Å². The van der Waals surface area contributed by atoms with Crippen LogP contribution in [0.4, 0.5) is 5.69 Å². The van der Waals surface area contributed by atoms with Gasteiger partial charge < -0.3 is 10.6 Å². The van der Waals surface area contributed by atoms with Gasteiger partial charge in [-0.15, -0.1) is 0 Å². The van der Waals surface area contributed by atoms with E-state index in [-0.39, 0.29) is 0 Å². The van der Waals surface area contributed by atoms with Gasteiger partial charge in [0.25, 0.3) is 0 Å². The molecule has 0 unspecified atom stereocenters. The minimum atomic E-state index is 0.740. The molecule has 0 saturated carbocycles. The van der Waals surface area contributed by atoms with Crippen molar-refractivity contribution in [3.63, 3.8) is 0 Å². The Balaban J connectivity index is 1.84. The fraction of sp³-hybridized carbons (Fsp3) is 0.438. The van der Waals surface area contributed by atoms with Crippen LogP contribution in [0.15, 0.2) is 30.5 Å². The van der Waals surface area contributed by atoms with Crippen molar-refractivity contribution in [2.24, 2.45) is 11.7 Å². The molecule has 1 aromatic carbocycles. The number of rotatable bonds is 3. The average molecular weight is 290 g/mol. The molecule has 20 heavy (non-hydrogen) atoms. The Hall–Kier alpha value is -1.32. The molecule has 0 radical (unpaired) electrons. The van der Waals surface area contributed by atoms with E-state index in [4.69, 9.17) is 17.3 Å². The Labute approximate surface area is 124 Å². The molecule has 0 atom stereocenters. The molecule has 0 aliphatic carbocycles. The second-order valence-electron chi connectivity index (χ2n) is 5.50. The van der Waals surface area contributed by atoms with E-state index in [9.17, 15) is 0 Å². The Bertz CT molecular complexity index is 591. The number of hydrogen-bond donors (Lipinski definition) is 1. The maximum atomic E-state index is 6.05. The monoisotopic (exact) mass is 289 g/mol. The van der Waals surface area contributed by atoms with Gasteiger partial charge in [0.1, 0.15) is 0 Å². The molecule has 2 aromatic rings. The van der Waals surface area contributed by atoms with Crippen LogP contribution in [0, 0.1) is 5.92 Å². The average Bonchev–Trinajstić information content (AvgIpc) is 2.47. The molecule has 2 N–H and O–H groups in total. The first kappa shape index (κ1) is 13.7. The Morgan fingerprint density at radius 2 is 2.05 bits per heavy atom. The minimum absolute atomic E-state index is 0.740. The van der Waals surface area contributed by atoms with Crippen LogP contribution in [0.1, 0.15) is 19.3 Å². The minimum Gasteiger partial charge on any atom is -0.371 e. The van der Waals surface area contributed by atoms with Crippen LogP contribution in [0.3, 0.4) is 0 Å². The van der Waals surface area contributed by atoms with Gasteiger partial charge in [-0.3, -0.25) is 4.98 Å². The fourth-order valence-corrected chi connectivity index (χ4v) is 3.25. The zero-order valence-corrected chi connectivity index (χ0v) is 12.3. The molecule has 3 nitrogen and oxygen atoms in total. The standard InChI is InChI=1S/C16H20ClN3/c17-13-1-2-14-15(11-13)19-8-4-16(14)20-9-5-12(3-7-18)6-10-20/h1-2,4,8,11-12H,3,5-7,9-10,18H2. The van der Waals surface area contributed by atoms with Crippen LogP contribution in [0.25, 0.3) is 10.9 Å². The number of anilines is 1. The van der Waals surface area contributed by atoms with Gasteiger partial charge in [-0.25, -0.2) is 0 Å². The second kappa shape index (κ2) is 5.98. The molecule has 4 heteroatoms. The number of hydrogen-bond acceptors (Lipinski definition) is 3. The lowest BCUT2D eigenvalue weighted by Crippen LogP contribution is -2.34. The molecule has 1 aliphatic heterocycles. The largest absolute Gasteiger partial charge is 0.371 e. The van der Waals surface area contributed by atoms with Crippen LogP contribution >= 0.6 is 11.6 Å². The SMILES string of the molecule is NCCC1CCN(c2ccnc3cc(Cl)ccc23)CC1. The number of piperidine rings is 1. The third-order valence-electron chi connectivity index (χ3n) is 4.21. The highest BCUT2D eigenvalue weighted by atomic mass is 35.5. The number of benzene rings is 1. The van der Waals surface area contributed by atoms with Gasteiger partial charge >= 0.3 is 0 Å². The summed E-state index contributed by atoms with van der Waals surface area (Å²) in [5.41, 5.74) is 7.91. The quantitative estimate of drug-likeness (QED) is 0.941. The molecular weight excluding hydrogens is 270 g/mol. The van der Waals surface area contributed by atoms with Gasteiger partial charge in [-0.05, 0) is 56.0 Å². The van der Waals surface area contributed by atoms with Crippen molar-refractivity contribution < 1.29 is 0 Å². The van der Waals surface area contributed by atoms with E-state index in [1.54, 1.807) is 0 Å². The van der Waals surface area contributed by atoms with Gasteiger partial charge in [-0.2, -0.15) is 0 Å². The maximum absolute atomic E-state index is 6.05. The highest BCUT2D eigenvalue weighted by Crippen LogP contribution is 2.31. The molecule has 1 aromatic heterocycles. The molecule has 0 bridgehead atoms. The van der Waals surface area contributed by atoms with E-state index in [1.165, 1.54) is 23.9 Å². The summed E-state index contributed by atoms with van der Waals surface area (Å²) < 4.78 is 0. The number of nitrogens with zero attached hydrogens (tertiary/aromatic N) is 2. The molecule has 1 aliphatic rings. The molecule has 3 rings (SSSR count). The summed E-state index contributed by atoms with van der Waals surface area (Å²) in [5.74, 6) is 0.791. The lowest BCUT2D eigenvalue weighted by atomic mass is 9.93. The molecule has 1 saturated heterocycles. The molecule has 1 fully saturated rings. The third-order valence-corrected chi connectivity index (χ3v) is 4.45. The summed E-state index contributed by atoms with van der Waals surface area (Å²) in [5, 5.41) is 1.93. The van der Waals surface area contributed by atoms with Gasteiger partial charge in [0.15, 0.2) is 0 Å². The lowest BCUT2D eigenvalue weighted by Gasteiger charge is -2.34. The lowest BCUT2D eigenvalue weighted by molar-refractivity contribution is 0.387. The van der Waals surface area contributed by atoms with Crippen LogP contribution in [0.2, 0.25) is 5.02 Å². The van der Waals surface area contributed by atoms with Crippen LogP contribution in [-0.4, -0.2) is 24.6 Å². The van der Waals surface area contributed by atoms with E-state index in [0.717, 1.165) is 42.5 Å². The van der Waals surface area contributed by atoms with E-state index in [0.29, 0.717) is 0 Å². The van der Waals surface area contributed by atoms with Crippen molar-refractivity contribution in [1.82, 2.24) is 4.98 Å². The molecule has 2 heterocycles. The first-order valence-corrected chi connectivity index (χ1v) is 7.65. The Kier molecular flexibility index (Phi) is 4.08. The highest BCUT2D eigenvalue weighted by Gasteiger charge is 2.20. The second-order valence-corrected chi connectivity index (χ2v) is 5.94. The van der Waals surface area contributed by atoms with E-state index in [1.807, 2.05) is 18.3 Å². The van der Waals surface area contributed by atoms with Gasteiger partial charge in [0.05, 0.1) is 5.52 Å². The third kappa shape index (κ3) is 2.74. The summed E-state index contributed by atoms with van der Waals surface area (Å²) in [7, 11) is 0. The molecule has 0 spiro atoms. The summed E-state index contributed by atoms with van der Waals surface area (Å²) in [6.45, 7) is 3.01. The first-order valence-electron chi connectivity index (χ1n) is 7.27. The first-order chi connectivity index (χ1) is 9.78. The topological polar surface area (TPSA) is 42.1 Å². The Morgan fingerprint density at radius 1 is 1.25 bits per heavy atom. The molecule has 0 amide bonds. The predicted octanol–water partition coefficient (Wildman–Crippen LogP) is 3.45. The zero-order valence-electron chi connectivity index (χ0n) is 11.6. The molecule has 106 valence electrons. The number of nitrogens with two attached hydrogens (primary N) is 1.